The second-order valence-electron chi connectivity index (χ2n) is 31.8. The minimum absolute atomic E-state index is 0.00153. The summed E-state index contributed by atoms with van der Waals surface area (Å²) in [5, 5.41) is 0. The van der Waals surface area contributed by atoms with Crippen LogP contribution in [0.3, 0.4) is 0 Å². The topological polar surface area (TPSA) is 9.72 Å². The van der Waals surface area contributed by atoms with Crippen LogP contribution in [0.2, 0.25) is 0 Å². The molecule has 8 aromatic rings. The van der Waals surface area contributed by atoms with E-state index < -0.39 is 0 Å². The van der Waals surface area contributed by atoms with Gasteiger partial charge in [0.1, 0.15) is 0 Å². The normalized spacial score (nSPS) is 22.0. The van der Waals surface area contributed by atoms with Crippen molar-refractivity contribution in [3.63, 3.8) is 0 Å². The van der Waals surface area contributed by atoms with Crippen LogP contribution in [0.15, 0.2) is 158 Å². The number of rotatable bonds is 5. The van der Waals surface area contributed by atoms with Crippen molar-refractivity contribution in [2.24, 2.45) is 0 Å². The molecule has 3 aliphatic heterocycles. The molecule has 4 heteroatoms. The summed E-state index contributed by atoms with van der Waals surface area (Å²) in [5.74, 6) is 0. The third kappa shape index (κ3) is 8.17. The van der Waals surface area contributed by atoms with Crippen molar-refractivity contribution in [3.05, 3.63) is 197 Å². The van der Waals surface area contributed by atoms with Gasteiger partial charge < -0.3 is 14.7 Å². The lowest BCUT2D eigenvalue weighted by Crippen LogP contribution is -2.62. The summed E-state index contributed by atoms with van der Waals surface area (Å²) < 4.78 is 0. The Morgan fingerprint density at radius 1 is 0.357 bits per heavy atom. The Bertz CT molecular complexity index is 4000. The lowest BCUT2D eigenvalue weighted by atomic mass is 9.33. The molecule has 0 aromatic heterocycles. The van der Waals surface area contributed by atoms with Crippen LogP contribution in [0, 0.1) is 0 Å². The van der Waals surface area contributed by atoms with E-state index in [4.69, 9.17) is 0 Å². The average molecular weight is 1100 g/mol. The molecule has 14 rings (SSSR count). The van der Waals surface area contributed by atoms with Crippen LogP contribution in [0.4, 0.5) is 45.5 Å². The lowest BCUT2D eigenvalue weighted by Gasteiger charge is -2.51. The molecule has 1 saturated carbocycles. The van der Waals surface area contributed by atoms with E-state index in [-0.39, 0.29) is 50.2 Å². The van der Waals surface area contributed by atoms with Gasteiger partial charge in [0, 0.05) is 50.8 Å². The molecule has 0 saturated heterocycles. The van der Waals surface area contributed by atoms with E-state index in [1.165, 1.54) is 149 Å². The van der Waals surface area contributed by atoms with Crippen LogP contribution >= 0.6 is 0 Å². The fourth-order valence-electron chi connectivity index (χ4n) is 16.9. The van der Waals surface area contributed by atoms with E-state index >= 15 is 0 Å². The number of hydrogen-bond acceptors (Lipinski definition) is 3. The molecule has 0 radical (unpaired) electrons. The first-order chi connectivity index (χ1) is 39.6. The van der Waals surface area contributed by atoms with Gasteiger partial charge in [-0.05, 0) is 205 Å². The van der Waals surface area contributed by atoms with Crippen LogP contribution in [0.1, 0.15) is 201 Å². The predicted molar refractivity (Wildman–Crippen MR) is 362 cm³/mol. The van der Waals surface area contributed by atoms with Gasteiger partial charge in [-0.1, -0.05) is 220 Å². The van der Waals surface area contributed by atoms with E-state index in [0.717, 1.165) is 25.7 Å². The molecule has 3 nitrogen and oxygen atoms in total. The SMILES string of the molecule is CC(C)(C)c1ccc(N2c3cc4c(cc3B3c5cc(-c6ccccc6)ccc5N(c5ccc6c(c5)C(C)(C)CCC6(C)C)c5cc(N6c7ccc(C(C)(C)C)cc7C7(C)CCCCC67C)cc2c53)C(C)(C)CCC4(C)C)c(-c2ccccc2)c1. The Morgan fingerprint density at radius 2 is 0.881 bits per heavy atom. The zero-order valence-electron chi connectivity index (χ0n) is 53.6. The first kappa shape index (κ1) is 55.1. The van der Waals surface area contributed by atoms with Crippen molar-refractivity contribution < 1.29 is 0 Å². The van der Waals surface area contributed by atoms with E-state index in [1.54, 1.807) is 0 Å². The minimum atomic E-state index is -0.177. The monoisotopic (exact) mass is 1100 g/mol. The van der Waals surface area contributed by atoms with Crippen LogP contribution in [0.25, 0.3) is 22.3 Å². The quantitative estimate of drug-likeness (QED) is 0.159. The average Bonchev–Trinajstić information content (AvgIpc) is 1.22. The van der Waals surface area contributed by atoms with Crippen molar-refractivity contribution in [1.82, 2.24) is 0 Å². The third-order valence-corrected chi connectivity index (χ3v) is 22.6. The summed E-state index contributed by atoms with van der Waals surface area (Å²) in [7, 11) is 0. The van der Waals surface area contributed by atoms with Gasteiger partial charge in [0.15, 0.2) is 0 Å². The number of hydrogen-bond donors (Lipinski definition) is 0. The van der Waals surface area contributed by atoms with Gasteiger partial charge in [-0.2, -0.15) is 0 Å². The number of fused-ring (bicyclic) bond motifs is 9. The zero-order valence-corrected chi connectivity index (χ0v) is 53.6. The molecule has 6 aliphatic rings. The minimum Gasteiger partial charge on any atom is -0.334 e. The summed E-state index contributed by atoms with van der Waals surface area (Å²) in [6, 6.07) is 63.4. The molecule has 0 bridgehead atoms. The standard InChI is InChI=1S/C80H90BN3/c1-73(2,3)54-30-35-66(58(44-54)52-27-21-18-22-28-52)83-69-50-62-61(77(11,12)41-42-78(62,13)14)49-65(69)81-64-43-53(51-25-19-17-20-26-51)29-34-68(64)82(56-32-33-59-60(46-56)76(9,10)40-39-75(59,7)8)70-47-57(48-71(83)72(70)81)84-67-36-31-55(74(4,5)6)45-63(67)79(15)37-23-24-38-80(79,84)16/h17-22,25-36,43-50H,23-24,37-42H2,1-16H3. The summed E-state index contributed by atoms with van der Waals surface area (Å²) in [6.45, 7) is 39.4. The van der Waals surface area contributed by atoms with Gasteiger partial charge in [0.25, 0.3) is 6.71 Å². The molecule has 8 aromatic carbocycles. The molecule has 3 heterocycles. The van der Waals surface area contributed by atoms with E-state index in [1.807, 2.05) is 0 Å². The highest BCUT2D eigenvalue weighted by Crippen LogP contribution is 2.63. The van der Waals surface area contributed by atoms with Crippen LogP contribution in [-0.4, -0.2) is 12.3 Å². The second-order valence-corrected chi connectivity index (χ2v) is 31.8. The molecule has 84 heavy (non-hydrogen) atoms. The first-order valence-electron chi connectivity index (χ1n) is 32.1. The van der Waals surface area contributed by atoms with Crippen molar-refractivity contribution in [3.8, 4) is 22.3 Å². The molecule has 3 aliphatic carbocycles. The Kier molecular flexibility index (Phi) is 12.1. The lowest BCUT2D eigenvalue weighted by molar-refractivity contribution is 0.195. The maximum Gasteiger partial charge on any atom is 0.252 e. The summed E-state index contributed by atoms with van der Waals surface area (Å²) >= 11 is 0. The Morgan fingerprint density at radius 3 is 1.51 bits per heavy atom. The summed E-state index contributed by atoms with van der Waals surface area (Å²) in [6.07, 6.45) is 9.38. The molecule has 0 spiro atoms. The maximum absolute atomic E-state index is 2.87. The Balaban J connectivity index is 1.16. The van der Waals surface area contributed by atoms with Crippen molar-refractivity contribution in [1.29, 1.82) is 0 Å². The second kappa shape index (κ2) is 18.4. The highest BCUT2D eigenvalue weighted by Gasteiger charge is 2.59. The Labute approximate surface area is 505 Å². The highest BCUT2D eigenvalue weighted by atomic mass is 15.3. The van der Waals surface area contributed by atoms with Crippen LogP contribution in [-0.2, 0) is 37.9 Å². The van der Waals surface area contributed by atoms with E-state index in [2.05, 4.69) is 283 Å². The molecule has 1 fully saturated rings. The van der Waals surface area contributed by atoms with E-state index in [0.29, 0.717) is 0 Å². The number of anilines is 8. The Hall–Kier alpha value is -6.78. The summed E-state index contributed by atoms with van der Waals surface area (Å²) in [5.41, 5.74) is 29.4. The van der Waals surface area contributed by atoms with Crippen LogP contribution < -0.4 is 31.1 Å². The van der Waals surface area contributed by atoms with Gasteiger partial charge in [0.2, 0.25) is 0 Å². The number of nitrogens with zero attached hydrogens (tertiary/aromatic N) is 3. The smallest absolute Gasteiger partial charge is 0.252 e. The molecule has 0 amide bonds. The fourth-order valence-corrected chi connectivity index (χ4v) is 16.9. The van der Waals surface area contributed by atoms with E-state index in [9.17, 15) is 0 Å². The predicted octanol–water partition coefficient (Wildman–Crippen LogP) is 20.1. The zero-order chi connectivity index (χ0) is 59.1. The number of benzene rings is 8. The molecule has 2 atom stereocenters. The molecular weight excluding hydrogens is 1010 g/mol. The van der Waals surface area contributed by atoms with Gasteiger partial charge in [0.05, 0.1) is 11.2 Å². The van der Waals surface area contributed by atoms with Gasteiger partial charge in [-0.15, -0.1) is 0 Å². The molecular formula is C80H90BN3. The van der Waals surface area contributed by atoms with Gasteiger partial charge >= 0.3 is 0 Å². The maximum atomic E-state index is 2.87. The van der Waals surface area contributed by atoms with Crippen molar-refractivity contribution in [2.75, 3.05) is 14.7 Å². The van der Waals surface area contributed by atoms with Gasteiger partial charge in [-0.25, -0.2) is 0 Å². The molecule has 428 valence electrons. The van der Waals surface area contributed by atoms with Crippen LogP contribution in [0.5, 0.6) is 0 Å². The first-order valence-corrected chi connectivity index (χ1v) is 32.1. The van der Waals surface area contributed by atoms with Crippen molar-refractivity contribution >= 4 is 68.6 Å². The largest absolute Gasteiger partial charge is 0.334 e. The molecule has 2 unspecified atom stereocenters. The van der Waals surface area contributed by atoms with Gasteiger partial charge in [-0.3, -0.25) is 0 Å². The van der Waals surface area contributed by atoms with Crippen molar-refractivity contribution in [2.45, 2.75) is 206 Å². The highest BCUT2D eigenvalue weighted by molar-refractivity contribution is 7.00. The summed E-state index contributed by atoms with van der Waals surface area (Å²) in [4.78, 5) is 8.39. The third-order valence-electron chi connectivity index (χ3n) is 22.6. The molecule has 0 N–H and O–H groups in total. The fraction of sp³-hybridized carbons (Fsp3) is 0.400.